The second-order valence-electron chi connectivity index (χ2n) is 5.89. The van der Waals surface area contributed by atoms with Gasteiger partial charge in [0, 0.05) is 37.0 Å². The van der Waals surface area contributed by atoms with Gasteiger partial charge in [0.25, 0.3) is 0 Å². The Hall–Kier alpha value is -1.33. The molecule has 0 aromatic rings. The zero-order valence-corrected chi connectivity index (χ0v) is 15.4. The quantitative estimate of drug-likeness (QED) is 0.404. The molecule has 0 unspecified atom stereocenters. The molecule has 1 rings (SSSR count). The maximum Gasteiger partial charge on any atom is 0.118 e. The van der Waals surface area contributed by atoms with Gasteiger partial charge in [-0.1, -0.05) is 37.4 Å². The minimum Gasteiger partial charge on any atom is -0.381 e. The van der Waals surface area contributed by atoms with Gasteiger partial charge in [-0.3, -0.25) is 0 Å². The van der Waals surface area contributed by atoms with Crippen molar-refractivity contribution < 1.29 is 4.74 Å². The molecule has 0 saturated carbocycles. The van der Waals surface area contributed by atoms with E-state index in [0.29, 0.717) is 10.5 Å². The van der Waals surface area contributed by atoms with Gasteiger partial charge in [0.05, 0.1) is 12.8 Å². The number of allylic oxidation sites excluding steroid dienone is 2. The zero-order chi connectivity index (χ0) is 17.1. The fraction of sp³-hybridized carbons (Fsp3) is 0.556. The lowest BCUT2D eigenvalue weighted by atomic mass is 9.81. The number of thioether (sulfide) groups is 1. The molecule has 1 saturated heterocycles. The van der Waals surface area contributed by atoms with E-state index in [9.17, 15) is 0 Å². The van der Waals surface area contributed by atoms with E-state index in [1.807, 2.05) is 26.1 Å². The minimum absolute atomic E-state index is 0.296. The highest BCUT2D eigenvalue weighted by Crippen LogP contribution is 2.31. The van der Waals surface area contributed by atoms with Crippen LogP contribution in [-0.4, -0.2) is 42.5 Å². The van der Waals surface area contributed by atoms with Crippen molar-refractivity contribution in [3.8, 4) is 0 Å². The van der Waals surface area contributed by atoms with Crippen molar-refractivity contribution in [3.05, 3.63) is 36.0 Å². The highest BCUT2D eigenvalue weighted by molar-refractivity contribution is 8.18. The fourth-order valence-corrected chi connectivity index (χ4v) is 2.95. The van der Waals surface area contributed by atoms with E-state index < -0.39 is 0 Å². The van der Waals surface area contributed by atoms with Crippen LogP contribution in [0.5, 0.6) is 0 Å². The number of aliphatic imine (C=N–C) groups is 1. The van der Waals surface area contributed by atoms with Crippen molar-refractivity contribution >= 4 is 23.0 Å². The lowest BCUT2D eigenvalue weighted by Gasteiger charge is -2.38. The molecular formula is C18H29N3OS. The Morgan fingerprint density at radius 1 is 1.43 bits per heavy atom. The lowest BCUT2D eigenvalue weighted by molar-refractivity contribution is 0.0252. The van der Waals surface area contributed by atoms with E-state index in [1.54, 1.807) is 12.3 Å². The first-order chi connectivity index (χ1) is 11.1. The Labute approximate surface area is 144 Å². The second-order valence-corrected chi connectivity index (χ2v) is 6.98. The molecule has 1 fully saturated rings. The molecule has 0 aliphatic carbocycles. The lowest BCUT2D eigenvalue weighted by Crippen LogP contribution is -2.38. The topological polar surface area (TPSA) is 48.7 Å². The summed E-state index contributed by atoms with van der Waals surface area (Å²) in [6, 6.07) is 0. The molecule has 0 aromatic carbocycles. The van der Waals surface area contributed by atoms with E-state index in [1.165, 1.54) is 18.0 Å². The first kappa shape index (κ1) is 19.7. The minimum atomic E-state index is 0.296. The molecule has 0 spiro atoms. The molecule has 1 aliphatic heterocycles. The molecule has 5 heteroatoms. The predicted molar refractivity (Wildman–Crippen MR) is 102 cm³/mol. The van der Waals surface area contributed by atoms with Crippen LogP contribution in [0.1, 0.15) is 33.6 Å². The summed E-state index contributed by atoms with van der Waals surface area (Å²) in [6.45, 7) is 13.7. The highest BCUT2D eigenvalue weighted by Gasteiger charge is 2.29. The van der Waals surface area contributed by atoms with Crippen molar-refractivity contribution in [1.29, 1.82) is 5.41 Å². The molecule has 1 heterocycles. The smallest absolute Gasteiger partial charge is 0.118 e. The van der Waals surface area contributed by atoms with Gasteiger partial charge in [0.15, 0.2) is 0 Å². The molecule has 0 bridgehead atoms. The molecule has 0 atom stereocenters. The van der Waals surface area contributed by atoms with Crippen LogP contribution in [-0.2, 0) is 4.74 Å². The standard InChI is InChI=1S/C18H29N3OS/c1-5-16(6-2)23-17(14-19)20-10-13-21-11-8-18(4,9-12-21)15-22-7-3/h5-6,10,13-14,19H,1,7-9,11-12,15H2,2-4H3/b13-10+,16-6+,19-14?,20-17+. The normalized spacial score (nSPS) is 19.2. The van der Waals surface area contributed by atoms with Crippen LogP contribution in [0.3, 0.4) is 0 Å². The summed E-state index contributed by atoms with van der Waals surface area (Å²) in [7, 11) is 0. The third-order valence-electron chi connectivity index (χ3n) is 3.97. The summed E-state index contributed by atoms with van der Waals surface area (Å²) in [5.41, 5.74) is 0.296. The number of likely N-dealkylation sites (tertiary alicyclic amines) is 1. The summed E-state index contributed by atoms with van der Waals surface area (Å²) >= 11 is 1.45. The number of rotatable bonds is 8. The van der Waals surface area contributed by atoms with Crippen LogP contribution in [0.15, 0.2) is 41.0 Å². The van der Waals surface area contributed by atoms with Crippen molar-refractivity contribution in [2.75, 3.05) is 26.3 Å². The predicted octanol–water partition coefficient (Wildman–Crippen LogP) is 4.47. The molecule has 1 aliphatic rings. The van der Waals surface area contributed by atoms with Crippen LogP contribution >= 0.6 is 11.8 Å². The number of hydrogen-bond donors (Lipinski definition) is 1. The number of nitrogens with one attached hydrogen (secondary N) is 1. The van der Waals surface area contributed by atoms with Gasteiger partial charge in [-0.25, -0.2) is 4.99 Å². The molecule has 0 aromatic heterocycles. The van der Waals surface area contributed by atoms with E-state index in [-0.39, 0.29) is 0 Å². The molecular weight excluding hydrogens is 306 g/mol. The van der Waals surface area contributed by atoms with Crippen molar-refractivity contribution in [3.63, 3.8) is 0 Å². The van der Waals surface area contributed by atoms with Crippen LogP contribution in [0, 0.1) is 10.8 Å². The van der Waals surface area contributed by atoms with Gasteiger partial charge >= 0.3 is 0 Å². The van der Waals surface area contributed by atoms with Crippen LogP contribution in [0.25, 0.3) is 0 Å². The van der Waals surface area contributed by atoms with Crippen molar-refractivity contribution in [2.24, 2.45) is 10.4 Å². The summed E-state index contributed by atoms with van der Waals surface area (Å²) < 4.78 is 5.60. The van der Waals surface area contributed by atoms with Crippen LogP contribution < -0.4 is 0 Å². The van der Waals surface area contributed by atoms with E-state index in [2.05, 4.69) is 23.4 Å². The Balaban J connectivity index is 2.50. The zero-order valence-electron chi connectivity index (χ0n) is 14.5. The first-order valence-electron chi connectivity index (χ1n) is 8.10. The Morgan fingerprint density at radius 3 is 2.65 bits per heavy atom. The van der Waals surface area contributed by atoms with E-state index >= 15 is 0 Å². The fourth-order valence-electron chi connectivity index (χ4n) is 2.34. The maximum absolute atomic E-state index is 7.44. The largest absolute Gasteiger partial charge is 0.381 e. The first-order valence-corrected chi connectivity index (χ1v) is 8.92. The SMILES string of the molecule is C=C/C(=C\C)S/C(C=N)=N/C=C/N1CCC(C)(COCC)CC1. The number of piperidine rings is 1. The maximum atomic E-state index is 7.44. The van der Waals surface area contributed by atoms with Crippen LogP contribution in [0.4, 0.5) is 0 Å². The summed E-state index contributed by atoms with van der Waals surface area (Å²) in [5, 5.41) is 8.10. The number of hydrogen-bond acceptors (Lipinski definition) is 5. The van der Waals surface area contributed by atoms with E-state index in [0.717, 1.165) is 44.1 Å². The molecule has 0 amide bonds. The van der Waals surface area contributed by atoms with Crippen molar-refractivity contribution in [1.82, 2.24) is 4.90 Å². The van der Waals surface area contributed by atoms with Gasteiger partial charge in [0.2, 0.25) is 0 Å². The van der Waals surface area contributed by atoms with Gasteiger partial charge in [-0.15, -0.1) is 0 Å². The average molecular weight is 336 g/mol. The Morgan fingerprint density at radius 2 is 2.13 bits per heavy atom. The van der Waals surface area contributed by atoms with Gasteiger partial charge in [-0.05, 0) is 32.1 Å². The third-order valence-corrected chi connectivity index (χ3v) is 5.04. The van der Waals surface area contributed by atoms with Crippen LogP contribution in [0.2, 0.25) is 0 Å². The summed E-state index contributed by atoms with van der Waals surface area (Å²) in [5.74, 6) is 0. The Bertz CT molecular complexity index is 475. The van der Waals surface area contributed by atoms with Gasteiger partial charge in [-0.2, -0.15) is 0 Å². The second kappa shape index (κ2) is 10.4. The molecule has 23 heavy (non-hydrogen) atoms. The highest BCUT2D eigenvalue weighted by atomic mass is 32.2. The van der Waals surface area contributed by atoms with Gasteiger partial charge in [0.1, 0.15) is 5.04 Å². The molecule has 1 N–H and O–H groups in total. The average Bonchev–Trinajstić information content (AvgIpc) is 2.58. The number of nitrogens with zero attached hydrogens (tertiary/aromatic N) is 2. The Kier molecular flexibility index (Phi) is 8.95. The molecule has 128 valence electrons. The number of ether oxygens (including phenoxy) is 1. The van der Waals surface area contributed by atoms with E-state index in [4.69, 9.17) is 10.1 Å². The van der Waals surface area contributed by atoms with Crippen molar-refractivity contribution in [2.45, 2.75) is 33.6 Å². The third kappa shape index (κ3) is 7.18. The summed E-state index contributed by atoms with van der Waals surface area (Å²) in [6.07, 6.45) is 11.1. The molecule has 0 radical (unpaired) electrons. The summed E-state index contributed by atoms with van der Waals surface area (Å²) in [4.78, 5) is 7.65. The molecule has 4 nitrogen and oxygen atoms in total. The monoisotopic (exact) mass is 335 g/mol. The van der Waals surface area contributed by atoms with Gasteiger partial charge < -0.3 is 15.0 Å².